The molecule has 3 atom stereocenters. The summed E-state index contributed by atoms with van der Waals surface area (Å²) in [6, 6.07) is 3.40. The molecule has 0 aromatic heterocycles. The van der Waals surface area contributed by atoms with E-state index >= 15 is 0 Å². The maximum absolute atomic E-state index is 12.6. The van der Waals surface area contributed by atoms with Crippen LogP contribution in [-0.2, 0) is 22.8 Å². The van der Waals surface area contributed by atoms with Crippen molar-refractivity contribution in [3.05, 3.63) is 45.1 Å². The number of halogens is 1. The Bertz CT molecular complexity index is 1050. The van der Waals surface area contributed by atoms with Crippen molar-refractivity contribution >= 4 is 53.5 Å². The highest BCUT2D eigenvalue weighted by Gasteiger charge is 2.40. The topological polar surface area (TPSA) is 54.0 Å². The Kier molecular flexibility index (Phi) is 19.6. The van der Waals surface area contributed by atoms with E-state index in [4.69, 9.17) is 18.0 Å². The summed E-state index contributed by atoms with van der Waals surface area (Å²) in [6.45, 7) is 36.4. The van der Waals surface area contributed by atoms with E-state index in [1.54, 1.807) is 0 Å². The Balaban J connectivity index is 6.59. The van der Waals surface area contributed by atoms with Crippen LogP contribution in [0, 0.1) is 5.92 Å². The van der Waals surface area contributed by atoms with Gasteiger partial charge in [-0.05, 0) is 102 Å². The smallest absolute Gasteiger partial charge is 0.336 e. The van der Waals surface area contributed by atoms with Gasteiger partial charge in [-0.25, -0.2) is 4.79 Å². The molecule has 0 aromatic carbocycles. The van der Waals surface area contributed by atoms with Crippen molar-refractivity contribution in [2.45, 2.75) is 163 Å². The molecule has 0 saturated carbocycles. The van der Waals surface area contributed by atoms with Crippen LogP contribution in [0.25, 0.3) is 0 Å². The molecule has 0 unspecified atom stereocenters. The summed E-state index contributed by atoms with van der Waals surface area (Å²) < 4.78 is 27.9. The van der Waals surface area contributed by atoms with Crippen molar-refractivity contribution in [1.82, 2.24) is 0 Å². The lowest BCUT2D eigenvalue weighted by molar-refractivity contribution is -0.136. The van der Waals surface area contributed by atoms with Gasteiger partial charge in [-0.1, -0.05) is 110 Å². The predicted molar refractivity (Wildman–Crippen MR) is 216 cm³/mol. The summed E-state index contributed by atoms with van der Waals surface area (Å²) in [4.78, 5) is 12.6. The largest absolute Gasteiger partial charge is 0.466 e. The fourth-order valence-electron chi connectivity index (χ4n) is 4.74. The van der Waals surface area contributed by atoms with E-state index in [1.807, 2.05) is 12.2 Å². The Hall–Kier alpha value is -0.309. The van der Waals surface area contributed by atoms with Gasteiger partial charge in [-0.2, -0.15) is 0 Å². The summed E-state index contributed by atoms with van der Waals surface area (Å²) in [5, 5.41) is 0.139. The van der Waals surface area contributed by atoms with E-state index in [0.29, 0.717) is 12.0 Å². The van der Waals surface area contributed by atoms with Gasteiger partial charge in [0.25, 0.3) is 0 Å². The highest BCUT2D eigenvalue weighted by molar-refractivity contribution is 14.1. The monoisotopic (exact) mass is 806 g/mol. The fourth-order valence-corrected chi connectivity index (χ4v) is 10.3. The Morgan fingerprint density at radius 1 is 0.826 bits per heavy atom. The van der Waals surface area contributed by atoms with Crippen LogP contribution < -0.4 is 0 Å². The normalized spacial score (nSPS) is 17.0. The second-order valence-electron chi connectivity index (χ2n) is 15.9. The molecule has 0 aliphatic rings. The van der Waals surface area contributed by atoms with E-state index in [0.717, 1.165) is 24.6 Å². The number of carbonyl (C=O) groups excluding carboxylic acids is 1. The fraction of sp³-hybridized carbons (Fsp3) is 0.757. The molecule has 0 rings (SSSR count). The highest BCUT2D eigenvalue weighted by atomic mass is 127. The van der Waals surface area contributed by atoms with E-state index in [1.165, 1.54) is 18.3 Å². The minimum absolute atomic E-state index is 0.0565. The third-order valence-electron chi connectivity index (χ3n) is 10.6. The van der Waals surface area contributed by atoms with Gasteiger partial charge in [0.1, 0.15) is 0 Å². The van der Waals surface area contributed by atoms with Crippen LogP contribution in [0.2, 0.25) is 54.4 Å². The van der Waals surface area contributed by atoms with Gasteiger partial charge in [0.15, 0.2) is 25.0 Å². The zero-order chi connectivity index (χ0) is 36.1. The predicted octanol–water partition coefficient (Wildman–Crippen LogP) is 12.1. The molecule has 0 bridgehead atoms. The summed E-state index contributed by atoms with van der Waals surface area (Å²) in [5.41, 5.74) is 3.07. The van der Waals surface area contributed by atoms with Crippen molar-refractivity contribution in [2.24, 2.45) is 5.92 Å². The van der Waals surface area contributed by atoms with Crippen molar-refractivity contribution in [3.63, 3.8) is 0 Å². The molecule has 0 fully saturated rings. The minimum atomic E-state index is -2.08. The SMILES string of the molecule is CC[C@@H](/C=C(\C)[C@H](C/C=C/C=C(\CO[Si](C)(C)C(C)(C)C)C(=O)OC)O[Si](C)(C)C(C)(C)C)[C@@H](O[Si](CC)(CC)CC)/C(C)=C/I. The number of carbonyl (C=O) groups is 1. The average molecular weight is 807 g/mol. The number of rotatable bonds is 19. The van der Waals surface area contributed by atoms with Crippen LogP contribution in [0.5, 0.6) is 0 Å². The lowest BCUT2D eigenvalue weighted by atomic mass is 9.91. The van der Waals surface area contributed by atoms with Gasteiger partial charge < -0.3 is 18.0 Å². The van der Waals surface area contributed by atoms with Crippen molar-refractivity contribution in [2.75, 3.05) is 13.7 Å². The average Bonchev–Trinajstić information content (AvgIpc) is 2.97. The zero-order valence-electron chi connectivity index (χ0n) is 32.8. The molecule has 5 nitrogen and oxygen atoms in total. The molecule has 46 heavy (non-hydrogen) atoms. The van der Waals surface area contributed by atoms with Gasteiger partial charge >= 0.3 is 5.97 Å². The number of hydrogen-bond acceptors (Lipinski definition) is 5. The van der Waals surface area contributed by atoms with Crippen LogP contribution in [0.15, 0.2) is 45.1 Å². The lowest BCUT2D eigenvalue weighted by Crippen LogP contribution is -2.44. The first-order valence-electron chi connectivity index (χ1n) is 17.4. The number of allylic oxidation sites excluding steroid dienone is 2. The molecule has 0 spiro atoms. The summed E-state index contributed by atoms with van der Waals surface area (Å²) in [5.74, 6) is -0.0924. The third kappa shape index (κ3) is 13.9. The molecule has 0 aliphatic heterocycles. The molecule has 268 valence electrons. The molecule has 0 aliphatic carbocycles. The maximum atomic E-state index is 12.6. The summed E-state index contributed by atoms with van der Waals surface area (Å²) >= 11 is 2.37. The van der Waals surface area contributed by atoms with Crippen LogP contribution in [0.3, 0.4) is 0 Å². The molecule has 9 heteroatoms. The second kappa shape index (κ2) is 19.8. The second-order valence-corrected chi connectivity index (χ2v) is 30.8. The first-order chi connectivity index (χ1) is 21.0. The minimum Gasteiger partial charge on any atom is -0.466 e. The molecule has 0 N–H and O–H groups in total. The molecule has 0 heterocycles. The van der Waals surface area contributed by atoms with E-state index in [-0.39, 0.29) is 40.8 Å². The zero-order valence-corrected chi connectivity index (χ0v) is 37.9. The van der Waals surface area contributed by atoms with E-state index < -0.39 is 25.0 Å². The molecule has 0 radical (unpaired) electrons. The van der Waals surface area contributed by atoms with Crippen molar-refractivity contribution < 1.29 is 22.8 Å². The van der Waals surface area contributed by atoms with Gasteiger partial charge in [0.2, 0.25) is 0 Å². The van der Waals surface area contributed by atoms with Gasteiger partial charge in [-0.15, -0.1) is 0 Å². The molecular weight excluding hydrogens is 736 g/mol. The highest BCUT2D eigenvalue weighted by Crippen LogP contribution is 2.40. The van der Waals surface area contributed by atoms with E-state index in [2.05, 4.69) is 148 Å². The standard InChI is InChI=1S/C37H71IO5Si3/c1-18-31(34(30(6)27-38)43-46(19-2,20-3)21-4)26-29(5)33(42-45(16,17)37(10,11)12)25-23-22-24-32(35(39)40-13)28-41-44(14,15)36(7,8)9/h22-24,26-27,31,33-34H,18-21,25,28H2,1-17H3/b23-22+,29-26+,30-27+,32-24+/t31-,33-,34-/m0/s1. The molecule has 0 saturated heterocycles. The van der Waals surface area contributed by atoms with Crippen LogP contribution in [0.4, 0.5) is 0 Å². The van der Waals surface area contributed by atoms with Gasteiger partial charge in [0, 0.05) is 5.92 Å². The number of methoxy groups -OCH3 is 1. The Morgan fingerprint density at radius 2 is 1.35 bits per heavy atom. The third-order valence-corrected chi connectivity index (χ3v) is 25.2. The van der Waals surface area contributed by atoms with Crippen LogP contribution in [-0.4, -0.2) is 56.8 Å². The van der Waals surface area contributed by atoms with Gasteiger partial charge in [-0.3, -0.25) is 0 Å². The maximum Gasteiger partial charge on any atom is 0.336 e. The number of hydrogen-bond donors (Lipinski definition) is 0. The quantitative estimate of drug-likeness (QED) is 0.0325. The molecule has 0 aromatic rings. The van der Waals surface area contributed by atoms with Gasteiger partial charge in [0.05, 0.1) is 31.5 Å². The number of esters is 1. The first kappa shape index (κ1) is 45.7. The Labute approximate surface area is 302 Å². The summed E-state index contributed by atoms with van der Waals surface area (Å²) in [6.07, 6.45) is 10.1. The summed E-state index contributed by atoms with van der Waals surface area (Å²) in [7, 11) is -4.49. The molecule has 0 amide bonds. The molecular formula is C37H71IO5Si3. The van der Waals surface area contributed by atoms with Crippen molar-refractivity contribution in [3.8, 4) is 0 Å². The number of ether oxygens (including phenoxy) is 1. The van der Waals surface area contributed by atoms with Crippen LogP contribution in [0.1, 0.15) is 95.9 Å². The first-order valence-corrected chi connectivity index (χ1v) is 27.0. The Morgan fingerprint density at radius 3 is 1.76 bits per heavy atom. The van der Waals surface area contributed by atoms with Crippen molar-refractivity contribution in [1.29, 1.82) is 0 Å². The van der Waals surface area contributed by atoms with E-state index in [9.17, 15) is 4.79 Å². The van der Waals surface area contributed by atoms with Crippen LogP contribution >= 0.6 is 22.6 Å². The lowest BCUT2D eigenvalue weighted by Gasteiger charge is -2.40.